The van der Waals surface area contributed by atoms with Crippen molar-refractivity contribution in [2.45, 2.75) is 0 Å². The lowest BCUT2D eigenvalue weighted by Gasteiger charge is -2.22. The van der Waals surface area contributed by atoms with Crippen molar-refractivity contribution in [1.82, 2.24) is 9.97 Å². The van der Waals surface area contributed by atoms with Gasteiger partial charge in [-0.1, -0.05) is 54.6 Å². The third-order valence-corrected chi connectivity index (χ3v) is 6.13. The largest absolute Gasteiger partial charge is 0.456 e. The van der Waals surface area contributed by atoms with Crippen LogP contribution < -0.4 is 4.74 Å². The molecule has 0 spiro atoms. The fourth-order valence-corrected chi connectivity index (χ4v) is 4.72. The van der Waals surface area contributed by atoms with E-state index in [1.54, 1.807) is 0 Å². The summed E-state index contributed by atoms with van der Waals surface area (Å²) in [4.78, 5) is 9.36. The van der Waals surface area contributed by atoms with Crippen LogP contribution in [0.15, 0.2) is 97.3 Å². The van der Waals surface area contributed by atoms with E-state index in [-0.39, 0.29) is 0 Å². The highest BCUT2D eigenvalue weighted by atomic mass is 16.5. The van der Waals surface area contributed by atoms with Crippen molar-refractivity contribution in [3.63, 3.8) is 0 Å². The van der Waals surface area contributed by atoms with Gasteiger partial charge in [0, 0.05) is 39.7 Å². The summed E-state index contributed by atoms with van der Waals surface area (Å²) in [5.74, 6) is 1.80. The lowest BCUT2D eigenvalue weighted by molar-refractivity contribution is 0.487. The van der Waals surface area contributed by atoms with E-state index in [2.05, 4.69) is 71.7 Å². The summed E-state index contributed by atoms with van der Waals surface area (Å²) >= 11 is 0. The van der Waals surface area contributed by atoms with Crippen molar-refractivity contribution in [2.75, 3.05) is 0 Å². The normalized spacial score (nSPS) is 12.1. The number of rotatable bonds is 1. The molecule has 0 aliphatic carbocycles. The summed E-state index contributed by atoms with van der Waals surface area (Å²) in [6.45, 7) is 0. The van der Waals surface area contributed by atoms with Crippen LogP contribution in [0.2, 0.25) is 0 Å². The minimum atomic E-state index is 0.900. The molecule has 3 heteroatoms. The van der Waals surface area contributed by atoms with E-state index < -0.39 is 0 Å². The molecule has 0 amide bonds. The Morgan fingerprint density at radius 2 is 1.45 bits per heavy atom. The van der Waals surface area contributed by atoms with Gasteiger partial charge in [0.05, 0.1) is 11.0 Å². The fraction of sp³-hybridized carbons (Fsp3) is 0. The monoisotopic (exact) mass is 396 g/mol. The Morgan fingerprint density at radius 1 is 0.581 bits per heavy atom. The molecule has 4 aromatic carbocycles. The molecule has 0 radical (unpaired) electrons. The summed E-state index contributed by atoms with van der Waals surface area (Å²) in [7, 11) is 0. The maximum atomic E-state index is 6.23. The van der Waals surface area contributed by atoms with Gasteiger partial charge in [-0.3, -0.25) is 9.97 Å². The minimum Gasteiger partial charge on any atom is -0.456 e. The first-order chi connectivity index (χ1) is 15.4. The average molecular weight is 396 g/mol. The molecule has 31 heavy (non-hydrogen) atoms. The first-order valence-corrected chi connectivity index (χ1v) is 10.3. The molecule has 0 atom stereocenters. The Balaban J connectivity index is 1.49. The van der Waals surface area contributed by atoms with Crippen molar-refractivity contribution in [3.05, 3.63) is 97.3 Å². The van der Waals surface area contributed by atoms with Crippen molar-refractivity contribution >= 4 is 32.6 Å². The SMILES string of the molecule is c1ccc2c(c1)Oc1ccc(-c3cnc4c(ccc5cccnc54)c3)c3cccc-2c13. The molecule has 1 aliphatic rings. The predicted molar refractivity (Wildman–Crippen MR) is 125 cm³/mol. The molecule has 0 saturated carbocycles. The van der Waals surface area contributed by atoms with Crippen LogP contribution in [-0.2, 0) is 0 Å². The molecule has 7 rings (SSSR count). The minimum absolute atomic E-state index is 0.900. The summed E-state index contributed by atoms with van der Waals surface area (Å²) in [6, 6.07) is 29.4. The quantitative estimate of drug-likeness (QED) is 0.272. The number of para-hydroxylation sites is 1. The number of nitrogens with zero attached hydrogens (tertiary/aromatic N) is 2. The number of fused-ring (bicyclic) bond motifs is 5. The number of aromatic nitrogens is 2. The lowest BCUT2D eigenvalue weighted by atomic mass is 9.90. The predicted octanol–water partition coefficient (Wildman–Crippen LogP) is 7.38. The topological polar surface area (TPSA) is 35.0 Å². The number of hydrogen-bond donors (Lipinski definition) is 0. The van der Waals surface area contributed by atoms with Gasteiger partial charge in [0.15, 0.2) is 0 Å². The van der Waals surface area contributed by atoms with Crippen LogP contribution in [0.4, 0.5) is 0 Å². The molecule has 2 aromatic heterocycles. The van der Waals surface area contributed by atoms with Crippen LogP contribution in [0.25, 0.3) is 54.8 Å². The Hall–Kier alpha value is -4.24. The van der Waals surface area contributed by atoms with Crippen molar-refractivity contribution in [1.29, 1.82) is 0 Å². The second-order valence-corrected chi connectivity index (χ2v) is 7.87. The molecule has 0 saturated heterocycles. The third-order valence-electron chi connectivity index (χ3n) is 6.13. The zero-order valence-corrected chi connectivity index (χ0v) is 16.5. The first kappa shape index (κ1) is 16.5. The van der Waals surface area contributed by atoms with Gasteiger partial charge < -0.3 is 4.74 Å². The number of benzene rings is 4. The Labute approximate surface area is 178 Å². The average Bonchev–Trinajstić information content (AvgIpc) is 2.84. The summed E-state index contributed by atoms with van der Waals surface area (Å²) in [5.41, 5.74) is 6.45. The molecule has 0 bridgehead atoms. The first-order valence-electron chi connectivity index (χ1n) is 10.3. The van der Waals surface area contributed by atoms with Crippen LogP contribution in [0.5, 0.6) is 11.5 Å². The summed E-state index contributed by atoms with van der Waals surface area (Å²) in [5, 5.41) is 4.52. The van der Waals surface area contributed by atoms with Gasteiger partial charge in [-0.05, 0) is 46.8 Å². The van der Waals surface area contributed by atoms with Gasteiger partial charge in [0.2, 0.25) is 0 Å². The summed E-state index contributed by atoms with van der Waals surface area (Å²) < 4.78 is 6.23. The second kappa shape index (κ2) is 6.13. The number of ether oxygens (including phenoxy) is 1. The van der Waals surface area contributed by atoms with Gasteiger partial charge in [-0.25, -0.2) is 0 Å². The molecule has 0 unspecified atom stereocenters. The highest BCUT2D eigenvalue weighted by molar-refractivity contribution is 6.11. The van der Waals surface area contributed by atoms with E-state index in [1.165, 1.54) is 10.9 Å². The van der Waals surface area contributed by atoms with E-state index in [0.717, 1.165) is 55.4 Å². The Morgan fingerprint density at radius 3 is 2.45 bits per heavy atom. The van der Waals surface area contributed by atoms with Crippen LogP contribution in [0, 0.1) is 0 Å². The summed E-state index contributed by atoms with van der Waals surface area (Å²) in [6.07, 6.45) is 3.78. The van der Waals surface area contributed by atoms with E-state index in [1.807, 2.05) is 30.6 Å². The maximum Gasteiger partial charge on any atom is 0.135 e. The number of pyridine rings is 2. The molecular formula is C28H16N2O. The van der Waals surface area contributed by atoms with E-state index in [4.69, 9.17) is 9.72 Å². The third kappa shape index (κ3) is 2.34. The Bertz CT molecular complexity index is 1670. The van der Waals surface area contributed by atoms with Crippen LogP contribution in [0.1, 0.15) is 0 Å². The van der Waals surface area contributed by atoms with E-state index >= 15 is 0 Å². The Kier molecular flexibility index (Phi) is 3.27. The highest BCUT2D eigenvalue weighted by Gasteiger charge is 2.21. The van der Waals surface area contributed by atoms with Crippen molar-refractivity contribution in [3.8, 4) is 33.8 Å². The lowest BCUT2D eigenvalue weighted by Crippen LogP contribution is -1.97. The van der Waals surface area contributed by atoms with E-state index in [9.17, 15) is 0 Å². The zero-order valence-electron chi connectivity index (χ0n) is 16.5. The van der Waals surface area contributed by atoms with Crippen LogP contribution in [-0.4, -0.2) is 9.97 Å². The molecule has 6 aromatic rings. The van der Waals surface area contributed by atoms with Gasteiger partial charge in [-0.2, -0.15) is 0 Å². The van der Waals surface area contributed by atoms with Crippen LogP contribution >= 0.6 is 0 Å². The molecular weight excluding hydrogens is 380 g/mol. The van der Waals surface area contributed by atoms with Gasteiger partial charge in [-0.15, -0.1) is 0 Å². The molecule has 3 nitrogen and oxygen atoms in total. The molecule has 0 N–H and O–H groups in total. The molecule has 0 fully saturated rings. The molecule has 1 aliphatic heterocycles. The van der Waals surface area contributed by atoms with Crippen molar-refractivity contribution < 1.29 is 4.74 Å². The zero-order chi connectivity index (χ0) is 20.4. The smallest absolute Gasteiger partial charge is 0.135 e. The van der Waals surface area contributed by atoms with Gasteiger partial charge in [0.1, 0.15) is 11.5 Å². The highest BCUT2D eigenvalue weighted by Crippen LogP contribution is 2.48. The van der Waals surface area contributed by atoms with Gasteiger partial charge in [0.25, 0.3) is 0 Å². The maximum absolute atomic E-state index is 6.23. The van der Waals surface area contributed by atoms with E-state index in [0.29, 0.717) is 0 Å². The second-order valence-electron chi connectivity index (χ2n) is 7.87. The fourth-order valence-electron chi connectivity index (χ4n) is 4.72. The molecule has 3 heterocycles. The molecule has 144 valence electrons. The van der Waals surface area contributed by atoms with Gasteiger partial charge >= 0.3 is 0 Å². The van der Waals surface area contributed by atoms with Crippen LogP contribution in [0.3, 0.4) is 0 Å². The standard InChI is InChI=1S/C28H16N2O/c1-2-9-24-21(6-1)23-8-3-7-22-20(12-13-25(31-24)26(22)23)19-15-18-11-10-17-5-4-14-29-27(17)28(18)30-16-19/h1-16H. The number of hydrogen-bond acceptors (Lipinski definition) is 3. The van der Waals surface area contributed by atoms with Crippen molar-refractivity contribution in [2.24, 2.45) is 0 Å².